The summed E-state index contributed by atoms with van der Waals surface area (Å²) in [6.07, 6.45) is 4.91. The summed E-state index contributed by atoms with van der Waals surface area (Å²) in [7, 11) is 0. The summed E-state index contributed by atoms with van der Waals surface area (Å²) in [5, 5.41) is 9.47. The lowest BCUT2D eigenvalue weighted by Gasteiger charge is -2.38. The molecule has 0 radical (unpaired) electrons. The van der Waals surface area contributed by atoms with Crippen molar-refractivity contribution in [3.63, 3.8) is 0 Å². The van der Waals surface area contributed by atoms with Gasteiger partial charge in [-0.2, -0.15) is 0 Å². The number of urea groups is 1. The number of likely N-dealkylation sites (tertiary alicyclic amines) is 1. The van der Waals surface area contributed by atoms with Crippen LogP contribution in [-0.4, -0.2) is 46.2 Å². The monoisotopic (exact) mass is 397 g/mol. The molecule has 2 N–H and O–H groups in total. The lowest BCUT2D eigenvalue weighted by atomic mass is 9.88. The van der Waals surface area contributed by atoms with Crippen molar-refractivity contribution in [1.82, 2.24) is 9.88 Å². The number of hydrogen-bond donors (Lipinski definition) is 2. The molecular formula is C20H20FN5O3. The summed E-state index contributed by atoms with van der Waals surface area (Å²) in [6.45, 7) is 0.878. The Morgan fingerprint density at radius 3 is 2.72 bits per heavy atom. The summed E-state index contributed by atoms with van der Waals surface area (Å²) in [6, 6.07) is 8.74. The number of pyridine rings is 1. The molecule has 29 heavy (non-hydrogen) atoms. The Hall–Kier alpha value is -3.49. The molecule has 4 rings (SSSR count). The van der Waals surface area contributed by atoms with Gasteiger partial charge in [-0.05, 0) is 49.2 Å². The van der Waals surface area contributed by atoms with Crippen LogP contribution in [0.4, 0.5) is 20.6 Å². The number of piperidine rings is 1. The number of carbonyl (C=O) groups excluding carboxylic acids is 2. The fraction of sp³-hybridized carbons (Fsp3) is 0.300. The molecule has 0 bridgehead atoms. The number of aromatic nitrogens is 1. The van der Waals surface area contributed by atoms with E-state index in [9.17, 15) is 14.0 Å². The maximum Gasteiger partial charge on any atom is 0.321 e. The van der Waals surface area contributed by atoms with Crippen LogP contribution in [0.3, 0.4) is 0 Å². The molecule has 8 nitrogen and oxygen atoms in total. The Labute approximate surface area is 166 Å². The summed E-state index contributed by atoms with van der Waals surface area (Å²) in [5.74, 6) is -0.712. The fourth-order valence-electron chi connectivity index (χ4n) is 3.51. The summed E-state index contributed by atoms with van der Waals surface area (Å²) < 4.78 is 13.0. The standard InChI is InChI=1S/C20H20FN5O3/c21-14-4-6-15(7-5-14)24-19(28)26-10-2-8-20(13-26)11-17(25-29-20)18(27)23-16-3-1-9-22-12-16/h1,3-7,9,12H,2,8,10-11,13H2,(H,23,27)(H,24,28). The van der Waals surface area contributed by atoms with Crippen molar-refractivity contribution in [2.24, 2.45) is 5.16 Å². The van der Waals surface area contributed by atoms with Crippen LogP contribution in [-0.2, 0) is 9.63 Å². The Kier molecular flexibility index (Phi) is 5.11. The van der Waals surface area contributed by atoms with Crippen LogP contribution in [0.2, 0.25) is 0 Å². The van der Waals surface area contributed by atoms with Crippen LogP contribution in [0.25, 0.3) is 0 Å². The highest BCUT2D eigenvalue weighted by molar-refractivity contribution is 6.43. The smallest absolute Gasteiger partial charge is 0.321 e. The van der Waals surface area contributed by atoms with Gasteiger partial charge in [-0.25, -0.2) is 9.18 Å². The van der Waals surface area contributed by atoms with Crippen molar-refractivity contribution in [2.75, 3.05) is 23.7 Å². The summed E-state index contributed by atoms with van der Waals surface area (Å²) in [4.78, 5) is 36.3. The van der Waals surface area contributed by atoms with E-state index in [-0.39, 0.29) is 23.5 Å². The Balaban J connectivity index is 1.36. The molecule has 9 heteroatoms. The van der Waals surface area contributed by atoms with Crippen molar-refractivity contribution in [2.45, 2.75) is 24.9 Å². The van der Waals surface area contributed by atoms with Crippen LogP contribution >= 0.6 is 0 Å². The molecule has 1 fully saturated rings. The lowest BCUT2D eigenvalue weighted by Crippen LogP contribution is -2.52. The van der Waals surface area contributed by atoms with Gasteiger partial charge in [0.05, 0.1) is 18.4 Å². The van der Waals surface area contributed by atoms with Crippen molar-refractivity contribution in [1.29, 1.82) is 0 Å². The number of benzene rings is 1. The van der Waals surface area contributed by atoms with E-state index in [0.717, 1.165) is 6.42 Å². The molecule has 0 aliphatic carbocycles. The predicted molar refractivity (Wildman–Crippen MR) is 105 cm³/mol. The van der Waals surface area contributed by atoms with Crippen LogP contribution in [0, 0.1) is 5.82 Å². The van der Waals surface area contributed by atoms with Gasteiger partial charge in [0, 0.05) is 24.8 Å². The minimum absolute atomic E-state index is 0.287. The maximum absolute atomic E-state index is 13.0. The van der Waals surface area contributed by atoms with Gasteiger partial charge in [0.2, 0.25) is 0 Å². The van der Waals surface area contributed by atoms with Gasteiger partial charge >= 0.3 is 6.03 Å². The number of carbonyl (C=O) groups is 2. The molecule has 2 aliphatic heterocycles. The normalized spacial score (nSPS) is 20.7. The molecule has 3 heterocycles. The Morgan fingerprint density at radius 1 is 1.14 bits per heavy atom. The summed E-state index contributed by atoms with van der Waals surface area (Å²) in [5.41, 5.74) is 0.663. The van der Waals surface area contributed by atoms with Crippen molar-refractivity contribution in [3.05, 3.63) is 54.6 Å². The minimum Gasteiger partial charge on any atom is -0.386 e. The fourth-order valence-corrected chi connectivity index (χ4v) is 3.51. The van der Waals surface area contributed by atoms with Gasteiger partial charge in [-0.15, -0.1) is 0 Å². The topological polar surface area (TPSA) is 95.9 Å². The van der Waals surface area contributed by atoms with Crippen LogP contribution < -0.4 is 10.6 Å². The highest BCUT2D eigenvalue weighted by Crippen LogP contribution is 2.34. The number of amides is 3. The van der Waals surface area contributed by atoms with Gasteiger partial charge in [0.15, 0.2) is 5.60 Å². The molecule has 1 aromatic carbocycles. The zero-order valence-corrected chi connectivity index (χ0v) is 15.6. The molecule has 150 valence electrons. The van der Waals surface area contributed by atoms with E-state index in [2.05, 4.69) is 20.8 Å². The summed E-state index contributed by atoms with van der Waals surface area (Å²) >= 11 is 0. The van der Waals surface area contributed by atoms with E-state index in [1.807, 2.05) is 0 Å². The van der Waals surface area contributed by atoms with Crippen LogP contribution in [0.5, 0.6) is 0 Å². The number of nitrogens with zero attached hydrogens (tertiary/aromatic N) is 3. The minimum atomic E-state index is -0.708. The number of hydrogen-bond acceptors (Lipinski definition) is 5. The Bertz CT molecular complexity index is 935. The second-order valence-electron chi connectivity index (χ2n) is 7.15. The Morgan fingerprint density at radius 2 is 1.97 bits per heavy atom. The first-order chi connectivity index (χ1) is 14.0. The van der Waals surface area contributed by atoms with Gasteiger partial charge < -0.3 is 20.4 Å². The third kappa shape index (κ3) is 4.34. The number of nitrogens with one attached hydrogen (secondary N) is 2. The van der Waals surface area contributed by atoms with Crippen molar-refractivity contribution < 1.29 is 18.8 Å². The van der Waals surface area contributed by atoms with Gasteiger partial charge in [-0.3, -0.25) is 9.78 Å². The molecule has 1 aromatic heterocycles. The zero-order chi connectivity index (χ0) is 20.3. The SMILES string of the molecule is O=C(Nc1cccnc1)C1=NOC2(CCCN(C(=O)Nc3ccc(F)cc3)C2)C1. The maximum atomic E-state index is 13.0. The van der Waals surface area contributed by atoms with Crippen LogP contribution in [0.1, 0.15) is 19.3 Å². The quantitative estimate of drug-likeness (QED) is 0.832. The first kappa shape index (κ1) is 18.9. The first-order valence-electron chi connectivity index (χ1n) is 9.31. The molecule has 1 atom stereocenters. The molecule has 1 unspecified atom stereocenters. The lowest BCUT2D eigenvalue weighted by molar-refractivity contribution is -0.110. The van der Waals surface area contributed by atoms with Gasteiger partial charge in [-0.1, -0.05) is 5.16 Å². The number of rotatable bonds is 3. The molecule has 2 aromatic rings. The average molecular weight is 397 g/mol. The molecule has 1 spiro atoms. The number of anilines is 2. The molecule has 3 amide bonds. The first-order valence-corrected chi connectivity index (χ1v) is 9.31. The second-order valence-corrected chi connectivity index (χ2v) is 7.15. The predicted octanol–water partition coefficient (Wildman–Crippen LogP) is 3.00. The zero-order valence-electron chi connectivity index (χ0n) is 15.6. The van der Waals surface area contributed by atoms with Crippen molar-refractivity contribution in [3.8, 4) is 0 Å². The van der Waals surface area contributed by atoms with E-state index in [4.69, 9.17) is 4.84 Å². The molecule has 2 aliphatic rings. The van der Waals surface area contributed by atoms with E-state index in [1.165, 1.54) is 24.3 Å². The van der Waals surface area contributed by atoms with Gasteiger partial charge in [0.1, 0.15) is 11.5 Å². The van der Waals surface area contributed by atoms with Gasteiger partial charge in [0.25, 0.3) is 5.91 Å². The highest BCUT2D eigenvalue weighted by atomic mass is 19.1. The van der Waals surface area contributed by atoms with Crippen LogP contribution in [0.15, 0.2) is 53.9 Å². The van der Waals surface area contributed by atoms with Crippen molar-refractivity contribution >= 4 is 29.0 Å². The highest BCUT2D eigenvalue weighted by Gasteiger charge is 2.45. The van der Waals surface area contributed by atoms with E-state index in [0.29, 0.717) is 37.3 Å². The molecule has 0 saturated carbocycles. The molecular weight excluding hydrogens is 377 g/mol. The van der Waals surface area contributed by atoms with E-state index < -0.39 is 5.60 Å². The van der Waals surface area contributed by atoms with E-state index in [1.54, 1.807) is 29.4 Å². The largest absolute Gasteiger partial charge is 0.386 e. The third-order valence-corrected chi connectivity index (χ3v) is 4.94. The van der Waals surface area contributed by atoms with E-state index >= 15 is 0 Å². The second kappa shape index (κ2) is 7.86. The third-order valence-electron chi connectivity index (χ3n) is 4.94. The molecule has 1 saturated heterocycles. The number of oxime groups is 1. The number of halogens is 1. The average Bonchev–Trinajstić information content (AvgIpc) is 3.14.